The summed E-state index contributed by atoms with van der Waals surface area (Å²) in [6.07, 6.45) is 7.08. The summed E-state index contributed by atoms with van der Waals surface area (Å²) in [5.41, 5.74) is 4.52. The van der Waals surface area contributed by atoms with Crippen molar-refractivity contribution in [1.29, 1.82) is 0 Å². The number of nitrogens with one attached hydrogen (secondary N) is 3. The van der Waals surface area contributed by atoms with Crippen LogP contribution >= 0.6 is 0 Å². The van der Waals surface area contributed by atoms with Crippen LogP contribution in [-0.4, -0.2) is 41.0 Å². The van der Waals surface area contributed by atoms with E-state index in [1.807, 2.05) is 24.3 Å². The molecular weight excluding hydrogens is 486 g/mol. The smallest absolute Gasteiger partial charge is 0.315 e. The molecule has 1 saturated carbocycles. The number of nitrogens with zero attached hydrogens (tertiary/aromatic N) is 2. The summed E-state index contributed by atoms with van der Waals surface area (Å²) in [6.45, 7) is 1.25. The van der Waals surface area contributed by atoms with Gasteiger partial charge in [-0.15, -0.1) is 0 Å². The standard InChI is InChI=1S/C32H37N5O2/c38-31(25-14-5-7-16-28(25)36-32(39)34-20-17-23-12-8-9-19-33-23)37-21-18-26-29(22-10-2-1-3-11-22)35-27-15-6-4-13-24(27)30(26)37/h1-4,6,8-13,15,19,25-26,28-30,35H,5,7,14,16-18,20-21H2,(H2,34,36,39)/t25-,26+,28+,29-,30-/m0/s1. The number of hydrogen-bond acceptors (Lipinski definition) is 4. The lowest BCUT2D eigenvalue weighted by Crippen LogP contribution is -2.52. The van der Waals surface area contributed by atoms with Crippen molar-refractivity contribution in [3.05, 3.63) is 95.8 Å². The Morgan fingerprint density at radius 1 is 0.923 bits per heavy atom. The van der Waals surface area contributed by atoms with E-state index in [0.717, 1.165) is 50.0 Å². The van der Waals surface area contributed by atoms with Crippen LogP contribution in [0.4, 0.5) is 10.5 Å². The highest BCUT2D eigenvalue weighted by Crippen LogP contribution is 2.51. The summed E-state index contributed by atoms with van der Waals surface area (Å²) < 4.78 is 0. The average Bonchev–Trinajstić information content (AvgIpc) is 3.43. The lowest BCUT2D eigenvalue weighted by molar-refractivity contribution is -0.138. The third-order valence-corrected chi connectivity index (χ3v) is 8.70. The maximum absolute atomic E-state index is 14.2. The Morgan fingerprint density at radius 3 is 2.56 bits per heavy atom. The Morgan fingerprint density at radius 2 is 1.72 bits per heavy atom. The molecule has 5 atom stereocenters. The molecule has 2 fully saturated rings. The van der Waals surface area contributed by atoms with Crippen LogP contribution in [0.25, 0.3) is 0 Å². The molecule has 2 aromatic carbocycles. The predicted octanol–water partition coefficient (Wildman–Crippen LogP) is 5.24. The fourth-order valence-corrected chi connectivity index (χ4v) is 6.84. The van der Waals surface area contributed by atoms with E-state index < -0.39 is 0 Å². The minimum absolute atomic E-state index is 0.0370. The number of urea groups is 1. The first-order valence-electron chi connectivity index (χ1n) is 14.3. The van der Waals surface area contributed by atoms with Gasteiger partial charge in [-0.2, -0.15) is 0 Å². The molecule has 1 aliphatic carbocycles. The highest BCUT2D eigenvalue weighted by Gasteiger charge is 2.48. The molecule has 1 aromatic heterocycles. The highest BCUT2D eigenvalue weighted by atomic mass is 16.2. The van der Waals surface area contributed by atoms with E-state index in [0.29, 0.717) is 18.9 Å². The summed E-state index contributed by atoms with van der Waals surface area (Å²) in [6, 6.07) is 24.6. The summed E-state index contributed by atoms with van der Waals surface area (Å²) in [5, 5.41) is 9.90. The van der Waals surface area contributed by atoms with Crippen molar-refractivity contribution in [2.45, 2.75) is 56.7 Å². The second-order valence-electron chi connectivity index (χ2n) is 11.0. The van der Waals surface area contributed by atoms with Crippen LogP contribution in [0.1, 0.15) is 61.0 Å². The summed E-state index contributed by atoms with van der Waals surface area (Å²) >= 11 is 0. The molecule has 6 rings (SSSR count). The number of carbonyl (C=O) groups is 2. The Balaban J connectivity index is 1.17. The van der Waals surface area contributed by atoms with E-state index in [1.165, 1.54) is 11.1 Å². The molecule has 3 heterocycles. The first-order chi connectivity index (χ1) is 19.2. The third-order valence-electron chi connectivity index (χ3n) is 8.70. The second kappa shape index (κ2) is 11.5. The molecule has 1 saturated heterocycles. The molecule has 7 heteroatoms. The minimum atomic E-state index is -0.203. The highest BCUT2D eigenvalue weighted by molar-refractivity contribution is 5.83. The molecule has 0 radical (unpaired) electrons. The van der Waals surface area contributed by atoms with Gasteiger partial charge in [0.25, 0.3) is 0 Å². The van der Waals surface area contributed by atoms with Gasteiger partial charge >= 0.3 is 6.03 Å². The Labute approximate surface area is 230 Å². The van der Waals surface area contributed by atoms with Crippen molar-refractivity contribution >= 4 is 17.6 Å². The van der Waals surface area contributed by atoms with Crippen molar-refractivity contribution < 1.29 is 9.59 Å². The topological polar surface area (TPSA) is 86.4 Å². The van der Waals surface area contributed by atoms with Crippen LogP contribution in [0.3, 0.4) is 0 Å². The number of likely N-dealkylation sites (tertiary alicyclic amines) is 1. The fourth-order valence-electron chi connectivity index (χ4n) is 6.84. The third kappa shape index (κ3) is 5.35. The monoisotopic (exact) mass is 523 g/mol. The van der Waals surface area contributed by atoms with Crippen LogP contribution in [0.15, 0.2) is 79.0 Å². The molecular formula is C32H37N5O2. The number of pyridine rings is 1. The van der Waals surface area contributed by atoms with Gasteiger partial charge in [-0.1, -0.05) is 67.4 Å². The van der Waals surface area contributed by atoms with Crippen LogP contribution in [0.2, 0.25) is 0 Å². The molecule has 2 aliphatic heterocycles. The molecule has 3 amide bonds. The number of para-hydroxylation sites is 1. The summed E-state index contributed by atoms with van der Waals surface area (Å²) in [7, 11) is 0. The minimum Gasteiger partial charge on any atom is -0.378 e. The zero-order valence-electron chi connectivity index (χ0n) is 22.3. The van der Waals surface area contributed by atoms with Gasteiger partial charge in [0.1, 0.15) is 0 Å². The van der Waals surface area contributed by atoms with Crippen molar-refractivity contribution in [2.75, 3.05) is 18.4 Å². The maximum Gasteiger partial charge on any atom is 0.315 e. The zero-order chi connectivity index (χ0) is 26.6. The van der Waals surface area contributed by atoms with Crippen LogP contribution < -0.4 is 16.0 Å². The van der Waals surface area contributed by atoms with E-state index in [9.17, 15) is 9.59 Å². The number of fused-ring (bicyclic) bond motifs is 3. The van der Waals surface area contributed by atoms with E-state index in [4.69, 9.17) is 0 Å². The van der Waals surface area contributed by atoms with Gasteiger partial charge in [-0.05, 0) is 48.6 Å². The first kappa shape index (κ1) is 25.4. The molecule has 3 aromatic rings. The van der Waals surface area contributed by atoms with Crippen LogP contribution in [0.5, 0.6) is 0 Å². The van der Waals surface area contributed by atoms with Gasteiger partial charge in [0.05, 0.1) is 18.0 Å². The SMILES string of the molecule is O=C(NCCc1ccccn1)N[C@@H]1CCCC[C@@H]1C(=O)N1CC[C@@H]2[C@H](c3ccccc3)Nc3ccccc3[C@@H]21. The molecule has 7 nitrogen and oxygen atoms in total. The summed E-state index contributed by atoms with van der Waals surface area (Å²) in [4.78, 5) is 33.5. The number of carbonyl (C=O) groups excluding carboxylic acids is 2. The van der Waals surface area contributed by atoms with Crippen LogP contribution in [0, 0.1) is 11.8 Å². The number of anilines is 1. The van der Waals surface area contributed by atoms with Gasteiger partial charge in [-0.3, -0.25) is 9.78 Å². The first-order valence-corrected chi connectivity index (χ1v) is 14.3. The maximum atomic E-state index is 14.2. The van der Waals surface area contributed by atoms with Gasteiger partial charge in [0, 0.05) is 49.0 Å². The molecule has 0 unspecified atom stereocenters. The fraction of sp³-hybridized carbons (Fsp3) is 0.406. The van der Waals surface area contributed by atoms with Gasteiger partial charge in [0.2, 0.25) is 5.91 Å². The average molecular weight is 524 g/mol. The Bertz CT molecular complexity index is 1280. The number of amides is 3. The molecule has 0 spiro atoms. The normalized spacial score (nSPS) is 25.6. The number of rotatable bonds is 6. The number of hydrogen-bond donors (Lipinski definition) is 3. The largest absolute Gasteiger partial charge is 0.378 e. The lowest BCUT2D eigenvalue weighted by atomic mass is 9.79. The van der Waals surface area contributed by atoms with E-state index in [-0.39, 0.29) is 36.0 Å². The molecule has 3 N–H and O–H groups in total. The quantitative estimate of drug-likeness (QED) is 0.413. The summed E-state index contributed by atoms with van der Waals surface area (Å²) in [5.74, 6) is 0.289. The molecule has 0 bridgehead atoms. The molecule has 3 aliphatic rings. The Hall–Kier alpha value is -3.87. The molecule has 202 valence electrons. The van der Waals surface area contributed by atoms with Crippen molar-refractivity contribution in [2.24, 2.45) is 11.8 Å². The van der Waals surface area contributed by atoms with Crippen LogP contribution in [-0.2, 0) is 11.2 Å². The zero-order valence-corrected chi connectivity index (χ0v) is 22.3. The molecule has 39 heavy (non-hydrogen) atoms. The van der Waals surface area contributed by atoms with E-state index >= 15 is 0 Å². The lowest BCUT2D eigenvalue weighted by Gasteiger charge is -2.42. The van der Waals surface area contributed by atoms with Crippen molar-refractivity contribution in [3.63, 3.8) is 0 Å². The van der Waals surface area contributed by atoms with Crippen molar-refractivity contribution in [3.8, 4) is 0 Å². The second-order valence-corrected chi connectivity index (χ2v) is 11.0. The van der Waals surface area contributed by atoms with E-state index in [1.54, 1.807) is 6.20 Å². The number of benzene rings is 2. The van der Waals surface area contributed by atoms with Crippen molar-refractivity contribution in [1.82, 2.24) is 20.5 Å². The van der Waals surface area contributed by atoms with Gasteiger partial charge in [-0.25, -0.2) is 4.79 Å². The van der Waals surface area contributed by atoms with Gasteiger partial charge in [0.15, 0.2) is 0 Å². The number of aromatic nitrogens is 1. The van der Waals surface area contributed by atoms with Gasteiger partial charge < -0.3 is 20.9 Å². The Kier molecular flexibility index (Phi) is 7.48. The predicted molar refractivity (Wildman–Crippen MR) is 152 cm³/mol. The van der Waals surface area contributed by atoms with E-state index in [2.05, 4.69) is 74.4 Å².